The van der Waals surface area contributed by atoms with Crippen molar-refractivity contribution in [2.75, 3.05) is 6.61 Å². The highest BCUT2D eigenvalue weighted by molar-refractivity contribution is 5.66. The van der Waals surface area contributed by atoms with Crippen molar-refractivity contribution in [1.82, 2.24) is 9.97 Å². The van der Waals surface area contributed by atoms with Crippen molar-refractivity contribution in [3.63, 3.8) is 0 Å². The summed E-state index contributed by atoms with van der Waals surface area (Å²) in [5.74, 6) is 0.557. The molecule has 1 aromatic carbocycles. The fourth-order valence-electron chi connectivity index (χ4n) is 2.49. The molecule has 0 radical (unpaired) electrons. The van der Waals surface area contributed by atoms with Gasteiger partial charge in [-0.25, -0.2) is 0 Å². The van der Waals surface area contributed by atoms with Gasteiger partial charge in [0.1, 0.15) is 17.5 Å². The van der Waals surface area contributed by atoms with E-state index in [4.69, 9.17) is 4.74 Å². The Hall–Kier alpha value is -2.14. The van der Waals surface area contributed by atoms with E-state index in [-0.39, 0.29) is 23.1 Å². The zero-order valence-electron chi connectivity index (χ0n) is 11.9. The van der Waals surface area contributed by atoms with Gasteiger partial charge in [-0.2, -0.15) is 4.98 Å². The molecule has 1 heterocycles. The fraction of sp³-hybridized carbons (Fsp3) is 0.375. The SMILES string of the molecule is CCOC(c1nc(O)c(-c2ccccc2)c(=O)[nH]1)C1CC1. The highest BCUT2D eigenvalue weighted by Crippen LogP contribution is 2.42. The average molecular weight is 286 g/mol. The average Bonchev–Trinajstić information content (AvgIpc) is 3.29. The number of aromatic hydroxyl groups is 1. The van der Waals surface area contributed by atoms with Crippen LogP contribution in [0.1, 0.15) is 31.7 Å². The standard InChI is InChI=1S/C16H18N2O3/c1-2-21-13(11-8-9-11)14-17-15(19)12(16(20)18-14)10-6-4-3-5-7-10/h3-7,11,13H,2,8-9H2,1H3,(H2,17,18,19,20). The maximum Gasteiger partial charge on any atom is 0.262 e. The predicted octanol–water partition coefficient (Wildman–Crippen LogP) is 2.63. The van der Waals surface area contributed by atoms with Gasteiger partial charge in [-0.05, 0) is 31.2 Å². The Balaban J connectivity index is 2.01. The fourth-order valence-corrected chi connectivity index (χ4v) is 2.49. The van der Waals surface area contributed by atoms with Crippen molar-refractivity contribution in [2.45, 2.75) is 25.9 Å². The van der Waals surface area contributed by atoms with Crippen LogP contribution in [-0.2, 0) is 4.74 Å². The Labute approximate surface area is 122 Å². The highest BCUT2D eigenvalue weighted by Gasteiger charge is 2.35. The molecule has 1 aliphatic rings. The molecular weight excluding hydrogens is 268 g/mol. The maximum absolute atomic E-state index is 12.3. The van der Waals surface area contributed by atoms with Crippen LogP contribution < -0.4 is 5.56 Å². The first-order valence-electron chi connectivity index (χ1n) is 7.21. The van der Waals surface area contributed by atoms with Crippen molar-refractivity contribution < 1.29 is 9.84 Å². The summed E-state index contributed by atoms with van der Waals surface area (Å²) in [5, 5.41) is 10.2. The molecule has 5 heteroatoms. The molecule has 1 saturated carbocycles. The number of H-pyrrole nitrogens is 1. The second-order valence-corrected chi connectivity index (χ2v) is 5.23. The Bertz CT molecular complexity index is 678. The van der Waals surface area contributed by atoms with E-state index in [9.17, 15) is 9.90 Å². The van der Waals surface area contributed by atoms with Crippen molar-refractivity contribution in [1.29, 1.82) is 0 Å². The van der Waals surface area contributed by atoms with Crippen LogP contribution >= 0.6 is 0 Å². The molecule has 0 saturated heterocycles. The van der Waals surface area contributed by atoms with E-state index < -0.39 is 0 Å². The zero-order chi connectivity index (χ0) is 14.8. The molecule has 0 bridgehead atoms. The number of aromatic nitrogens is 2. The smallest absolute Gasteiger partial charge is 0.262 e. The first-order chi connectivity index (χ1) is 10.2. The van der Waals surface area contributed by atoms with E-state index >= 15 is 0 Å². The minimum atomic E-state index is -0.339. The van der Waals surface area contributed by atoms with Crippen LogP contribution in [0.15, 0.2) is 35.1 Å². The lowest BCUT2D eigenvalue weighted by molar-refractivity contribution is 0.0394. The van der Waals surface area contributed by atoms with Gasteiger partial charge in [-0.3, -0.25) is 4.79 Å². The number of nitrogens with one attached hydrogen (secondary N) is 1. The minimum Gasteiger partial charge on any atom is -0.493 e. The maximum atomic E-state index is 12.3. The summed E-state index contributed by atoms with van der Waals surface area (Å²) in [6.07, 6.45) is 1.89. The highest BCUT2D eigenvalue weighted by atomic mass is 16.5. The minimum absolute atomic E-state index is 0.199. The molecule has 0 spiro atoms. The number of nitrogens with zero attached hydrogens (tertiary/aromatic N) is 1. The summed E-state index contributed by atoms with van der Waals surface area (Å²) in [5.41, 5.74) is 0.508. The summed E-state index contributed by atoms with van der Waals surface area (Å²) in [6.45, 7) is 2.46. The number of aromatic amines is 1. The Morgan fingerprint density at radius 2 is 2.10 bits per heavy atom. The molecule has 1 aromatic heterocycles. The molecule has 110 valence electrons. The van der Waals surface area contributed by atoms with Crippen LogP contribution in [0.4, 0.5) is 0 Å². The van der Waals surface area contributed by atoms with Crippen molar-refractivity contribution in [2.24, 2.45) is 5.92 Å². The monoisotopic (exact) mass is 286 g/mol. The van der Waals surface area contributed by atoms with Gasteiger partial charge in [0.15, 0.2) is 0 Å². The molecule has 2 N–H and O–H groups in total. The van der Waals surface area contributed by atoms with Gasteiger partial charge in [0.25, 0.3) is 5.56 Å². The van der Waals surface area contributed by atoms with Gasteiger partial charge in [0, 0.05) is 6.61 Å². The van der Waals surface area contributed by atoms with E-state index in [1.807, 2.05) is 25.1 Å². The number of benzene rings is 1. The first kappa shape index (κ1) is 13.8. The van der Waals surface area contributed by atoms with Crippen LogP contribution in [-0.4, -0.2) is 21.7 Å². The largest absolute Gasteiger partial charge is 0.493 e. The van der Waals surface area contributed by atoms with E-state index in [0.29, 0.717) is 23.9 Å². The van der Waals surface area contributed by atoms with E-state index in [0.717, 1.165) is 12.8 Å². The predicted molar refractivity (Wildman–Crippen MR) is 79.0 cm³/mol. The van der Waals surface area contributed by atoms with Crippen molar-refractivity contribution in [3.8, 4) is 17.0 Å². The van der Waals surface area contributed by atoms with Crippen molar-refractivity contribution >= 4 is 0 Å². The summed E-state index contributed by atoms with van der Waals surface area (Å²) < 4.78 is 5.66. The van der Waals surface area contributed by atoms with Crippen LogP contribution in [0, 0.1) is 5.92 Å². The van der Waals surface area contributed by atoms with Crippen molar-refractivity contribution in [3.05, 3.63) is 46.5 Å². The van der Waals surface area contributed by atoms with Gasteiger partial charge in [0.2, 0.25) is 5.88 Å². The number of hydrogen-bond donors (Lipinski definition) is 2. The topological polar surface area (TPSA) is 75.2 Å². The second kappa shape index (κ2) is 5.69. The lowest BCUT2D eigenvalue weighted by atomic mass is 10.1. The quantitative estimate of drug-likeness (QED) is 0.886. The number of hydrogen-bond acceptors (Lipinski definition) is 4. The molecular formula is C16H18N2O3. The molecule has 2 aromatic rings. The van der Waals surface area contributed by atoms with Crippen LogP contribution in [0.25, 0.3) is 11.1 Å². The van der Waals surface area contributed by atoms with E-state index in [1.54, 1.807) is 12.1 Å². The Morgan fingerprint density at radius 1 is 1.38 bits per heavy atom. The molecule has 5 nitrogen and oxygen atoms in total. The summed E-state index contributed by atoms with van der Waals surface area (Å²) in [7, 11) is 0. The third-order valence-corrected chi connectivity index (χ3v) is 3.65. The van der Waals surface area contributed by atoms with Gasteiger partial charge in [0.05, 0.1) is 0 Å². The van der Waals surface area contributed by atoms with Gasteiger partial charge < -0.3 is 14.8 Å². The molecule has 1 aliphatic carbocycles. The normalized spacial score (nSPS) is 15.9. The summed E-state index contributed by atoms with van der Waals surface area (Å²) in [4.78, 5) is 19.2. The zero-order valence-corrected chi connectivity index (χ0v) is 11.9. The lowest BCUT2D eigenvalue weighted by Crippen LogP contribution is -2.19. The summed E-state index contributed by atoms with van der Waals surface area (Å²) in [6, 6.07) is 9.03. The van der Waals surface area contributed by atoms with Gasteiger partial charge in [-0.15, -0.1) is 0 Å². The van der Waals surface area contributed by atoms with E-state index in [1.165, 1.54) is 0 Å². The lowest BCUT2D eigenvalue weighted by Gasteiger charge is -2.16. The Morgan fingerprint density at radius 3 is 2.67 bits per heavy atom. The molecule has 1 atom stereocenters. The number of rotatable bonds is 5. The van der Waals surface area contributed by atoms with Gasteiger partial charge in [-0.1, -0.05) is 30.3 Å². The molecule has 0 aliphatic heterocycles. The molecule has 3 rings (SSSR count). The van der Waals surface area contributed by atoms with Crippen LogP contribution in [0.5, 0.6) is 5.88 Å². The van der Waals surface area contributed by atoms with Crippen LogP contribution in [0.2, 0.25) is 0 Å². The molecule has 21 heavy (non-hydrogen) atoms. The molecule has 0 amide bonds. The van der Waals surface area contributed by atoms with Gasteiger partial charge >= 0.3 is 0 Å². The van der Waals surface area contributed by atoms with E-state index in [2.05, 4.69) is 9.97 Å². The molecule has 1 unspecified atom stereocenters. The van der Waals surface area contributed by atoms with Crippen LogP contribution in [0.3, 0.4) is 0 Å². The summed E-state index contributed by atoms with van der Waals surface area (Å²) >= 11 is 0. The number of ether oxygens (including phenoxy) is 1. The second-order valence-electron chi connectivity index (χ2n) is 5.23. The third-order valence-electron chi connectivity index (χ3n) is 3.65. The Kier molecular flexibility index (Phi) is 3.75. The first-order valence-corrected chi connectivity index (χ1v) is 7.21. The third kappa shape index (κ3) is 2.83. The molecule has 1 fully saturated rings.